The molecule has 0 amide bonds. The van der Waals surface area contributed by atoms with Gasteiger partial charge in [-0.3, -0.25) is 0 Å². The predicted octanol–water partition coefficient (Wildman–Crippen LogP) is 11.1. The molecule has 6 aromatic carbocycles. The molecule has 1 aliphatic carbocycles. The smallest absolute Gasteiger partial charge is 0.230 e. The van der Waals surface area contributed by atoms with Gasteiger partial charge in [0.15, 0.2) is 0 Å². The number of hydrogen-bond acceptors (Lipinski definition) is 3. The van der Waals surface area contributed by atoms with E-state index < -0.39 is 0 Å². The number of hydrogen-bond donors (Lipinski definition) is 0. The summed E-state index contributed by atoms with van der Waals surface area (Å²) in [4.78, 5) is 8.63. The minimum Gasteiger partial charge on any atom is -0.438 e. The third-order valence-corrected chi connectivity index (χ3v) is 9.57. The molecular weight excluding hydrogens is 548 g/mol. The number of rotatable bonds is 1. The molecule has 7 aromatic rings. The Morgan fingerprint density at radius 1 is 0.578 bits per heavy atom. The molecule has 3 heteroatoms. The molecule has 0 unspecified atom stereocenters. The lowest BCUT2D eigenvalue weighted by Gasteiger charge is -2.23. The summed E-state index contributed by atoms with van der Waals surface area (Å²) in [6, 6.07) is 39.2. The van der Waals surface area contributed by atoms with E-state index in [4.69, 9.17) is 4.74 Å². The first-order valence-electron chi connectivity index (χ1n) is 15.6. The highest BCUT2D eigenvalue weighted by Crippen LogP contribution is 2.51. The zero-order valence-electron chi connectivity index (χ0n) is 26.3. The van der Waals surface area contributed by atoms with Crippen LogP contribution in [-0.4, -0.2) is 9.97 Å². The first-order valence-corrected chi connectivity index (χ1v) is 15.6. The van der Waals surface area contributed by atoms with E-state index >= 15 is 0 Å². The van der Waals surface area contributed by atoms with Crippen molar-refractivity contribution in [2.24, 2.45) is 0 Å². The fourth-order valence-electron chi connectivity index (χ4n) is 7.30. The molecule has 2 aliphatic rings. The summed E-state index contributed by atoms with van der Waals surface area (Å²) >= 11 is 0. The molecule has 0 N–H and O–H groups in total. The van der Waals surface area contributed by atoms with Crippen molar-refractivity contribution in [1.82, 2.24) is 9.97 Å². The Balaban J connectivity index is 0.000000144. The average Bonchev–Trinajstić information content (AvgIpc) is 3.27. The zero-order chi connectivity index (χ0) is 30.9. The van der Waals surface area contributed by atoms with Crippen LogP contribution < -0.4 is 4.74 Å². The molecule has 218 valence electrons. The van der Waals surface area contributed by atoms with Gasteiger partial charge in [-0.05, 0) is 93.6 Å². The maximum Gasteiger partial charge on any atom is 0.230 e. The van der Waals surface area contributed by atoms with E-state index in [0.29, 0.717) is 5.88 Å². The highest BCUT2D eigenvalue weighted by Gasteiger charge is 2.35. The van der Waals surface area contributed by atoms with Gasteiger partial charge in [0.1, 0.15) is 11.6 Å². The standard InChI is InChI=1S/C27H24.C15H10N2O/c1-17-13-14-19-9-5-6-10-20(19)26(17)22-16-23-21-11-7-8-12-24(21)27(3,4)25(23)15-18(22)2;1-9-16-8-12-11-6-2-4-10-5-3-7-13(14(10)11)18-15(12)17-9/h5-16H,1-4H3;2-8H,1H3. The average molecular weight is 583 g/mol. The number of nitrogens with zero attached hydrogens (tertiary/aromatic N) is 2. The van der Waals surface area contributed by atoms with E-state index in [1.54, 1.807) is 0 Å². The van der Waals surface area contributed by atoms with Crippen LogP contribution in [0.1, 0.15) is 41.9 Å². The molecule has 0 saturated carbocycles. The molecule has 1 aromatic heterocycles. The van der Waals surface area contributed by atoms with Gasteiger partial charge >= 0.3 is 0 Å². The topological polar surface area (TPSA) is 35.0 Å². The summed E-state index contributed by atoms with van der Waals surface area (Å²) in [5.74, 6) is 2.24. The Bertz CT molecular complexity index is 2310. The number of benzene rings is 6. The molecule has 45 heavy (non-hydrogen) atoms. The summed E-state index contributed by atoms with van der Waals surface area (Å²) < 4.78 is 5.88. The van der Waals surface area contributed by atoms with E-state index in [1.807, 2.05) is 25.3 Å². The van der Waals surface area contributed by atoms with Crippen LogP contribution in [0.5, 0.6) is 11.6 Å². The van der Waals surface area contributed by atoms with Gasteiger partial charge in [-0.15, -0.1) is 0 Å². The largest absolute Gasteiger partial charge is 0.438 e. The first kappa shape index (κ1) is 27.3. The number of fused-ring (bicyclic) bond motifs is 6. The van der Waals surface area contributed by atoms with Gasteiger partial charge in [0.2, 0.25) is 5.88 Å². The van der Waals surface area contributed by atoms with Crippen LogP contribution >= 0.6 is 0 Å². The SMILES string of the molecule is Cc1cc2c(cc1-c1c(C)ccc3ccccc13)-c1ccccc1C2(C)C.Cc1ncc2c(n1)Oc1cccc3cccc-2c13. The monoisotopic (exact) mass is 582 g/mol. The van der Waals surface area contributed by atoms with Gasteiger partial charge in [-0.25, -0.2) is 4.98 Å². The van der Waals surface area contributed by atoms with Crippen LogP contribution in [0.25, 0.3) is 54.9 Å². The lowest BCUT2D eigenvalue weighted by Crippen LogP contribution is -2.15. The lowest BCUT2D eigenvalue weighted by atomic mass is 9.81. The Morgan fingerprint density at radius 2 is 1.31 bits per heavy atom. The third-order valence-electron chi connectivity index (χ3n) is 9.57. The van der Waals surface area contributed by atoms with Gasteiger partial charge in [0.25, 0.3) is 0 Å². The minimum atomic E-state index is 0.0585. The van der Waals surface area contributed by atoms with E-state index in [9.17, 15) is 0 Å². The van der Waals surface area contributed by atoms with Crippen molar-refractivity contribution < 1.29 is 4.74 Å². The second-order valence-electron chi connectivity index (χ2n) is 12.8. The Hall–Kier alpha value is -5.28. The van der Waals surface area contributed by atoms with Gasteiger partial charge < -0.3 is 4.74 Å². The number of aromatic nitrogens is 2. The fraction of sp³-hybridized carbons (Fsp3) is 0.143. The van der Waals surface area contributed by atoms with E-state index in [-0.39, 0.29) is 5.41 Å². The summed E-state index contributed by atoms with van der Waals surface area (Å²) in [6.45, 7) is 11.0. The van der Waals surface area contributed by atoms with E-state index in [0.717, 1.165) is 28.1 Å². The Morgan fingerprint density at radius 3 is 2.18 bits per heavy atom. The van der Waals surface area contributed by atoms with Crippen molar-refractivity contribution in [2.45, 2.75) is 40.0 Å². The maximum atomic E-state index is 5.88. The van der Waals surface area contributed by atoms with E-state index in [1.165, 1.54) is 60.7 Å². The number of aryl methyl sites for hydroxylation is 3. The van der Waals surface area contributed by atoms with Gasteiger partial charge in [0.05, 0.1) is 5.56 Å². The first-order chi connectivity index (χ1) is 21.8. The molecule has 0 saturated heterocycles. The third kappa shape index (κ3) is 4.26. The lowest BCUT2D eigenvalue weighted by molar-refractivity contribution is 0.464. The molecule has 0 spiro atoms. The van der Waals surface area contributed by atoms with Crippen LogP contribution in [0.4, 0.5) is 0 Å². The summed E-state index contributed by atoms with van der Waals surface area (Å²) in [5, 5.41) is 4.96. The molecular formula is C42H34N2O. The van der Waals surface area contributed by atoms with E-state index in [2.05, 4.69) is 135 Å². The van der Waals surface area contributed by atoms with Gasteiger partial charge in [-0.2, -0.15) is 4.98 Å². The molecule has 1 aliphatic heterocycles. The highest BCUT2D eigenvalue weighted by molar-refractivity contribution is 6.03. The van der Waals surface area contributed by atoms with Crippen molar-refractivity contribution in [3.8, 4) is 45.0 Å². The predicted molar refractivity (Wildman–Crippen MR) is 186 cm³/mol. The summed E-state index contributed by atoms with van der Waals surface area (Å²) in [6.07, 6.45) is 1.84. The Labute approximate surface area is 264 Å². The molecule has 0 atom stereocenters. The summed E-state index contributed by atoms with van der Waals surface area (Å²) in [7, 11) is 0. The second-order valence-corrected chi connectivity index (χ2v) is 12.8. The second kappa shape index (κ2) is 10.1. The van der Waals surface area contributed by atoms with Crippen molar-refractivity contribution in [2.75, 3.05) is 0 Å². The molecule has 0 fully saturated rings. The maximum absolute atomic E-state index is 5.88. The van der Waals surface area contributed by atoms with Crippen LogP contribution in [0.2, 0.25) is 0 Å². The molecule has 9 rings (SSSR count). The highest BCUT2D eigenvalue weighted by atomic mass is 16.5. The van der Waals surface area contributed by atoms with Crippen LogP contribution in [0, 0.1) is 20.8 Å². The molecule has 0 bridgehead atoms. The summed E-state index contributed by atoms with van der Waals surface area (Å²) in [5.41, 5.74) is 13.2. The van der Waals surface area contributed by atoms with Gasteiger partial charge in [-0.1, -0.05) is 111 Å². The molecule has 0 radical (unpaired) electrons. The quantitative estimate of drug-likeness (QED) is 0.193. The molecule has 2 heterocycles. The number of ether oxygens (including phenoxy) is 1. The van der Waals surface area contributed by atoms with Crippen molar-refractivity contribution >= 4 is 21.5 Å². The van der Waals surface area contributed by atoms with Crippen molar-refractivity contribution in [3.63, 3.8) is 0 Å². The normalized spacial score (nSPS) is 13.4. The Kier molecular flexibility index (Phi) is 6.15. The van der Waals surface area contributed by atoms with Crippen LogP contribution in [0.3, 0.4) is 0 Å². The fourth-order valence-corrected chi connectivity index (χ4v) is 7.30. The van der Waals surface area contributed by atoms with Crippen molar-refractivity contribution in [3.05, 3.63) is 143 Å². The van der Waals surface area contributed by atoms with Crippen molar-refractivity contribution in [1.29, 1.82) is 0 Å². The van der Waals surface area contributed by atoms with Gasteiger partial charge in [0, 0.05) is 22.6 Å². The van der Waals surface area contributed by atoms with Crippen LogP contribution in [-0.2, 0) is 5.41 Å². The minimum absolute atomic E-state index is 0.0585. The zero-order valence-corrected chi connectivity index (χ0v) is 26.3. The van der Waals surface area contributed by atoms with Crippen LogP contribution in [0.15, 0.2) is 115 Å². The molecule has 3 nitrogen and oxygen atoms in total.